The van der Waals surface area contributed by atoms with Crippen LogP contribution in [-0.4, -0.2) is 34.1 Å². The Bertz CT molecular complexity index is 1320. The van der Waals surface area contributed by atoms with Crippen molar-refractivity contribution < 1.29 is 28.9 Å². The fourth-order valence-electron chi connectivity index (χ4n) is 5.17. The Balaban J connectivity index is 1.95. The van der Waals surface area contributed by atoms with E-state index in [0.29, 0.717) is 29.0 Å². The second kappa shape index (κ2) is 11.3. The van der Waals surface area contributed by atoms with Crippen molar-refractivity contribution >= 4 is 28.7 Å². The van der Waals surface area contributed by atoms with E-state index in [-0.39, 0.29) is 35.1 Å². The van der Waals surface area contributed by atoms with Gasteiger partial charge in [-0.2, -0.15) is 0 Å². The minimum Gasteiger partial charge on any atom is -0.492 e. The van der Waals surface area contributed by atoms with E-state index >= 15 is 0 Å². The van der Waals surface area contributed by atoms with Crippen molar-refractivity contribution in [1.82, 2.24) is 4.57 Å². The average Bonchev–Trinajstić information content (AvgIpc) is 2.85. The van der Waals surface area contributed by atoms with Crippen LogP contribution in [0.2, 0.25) is 5.02 Å². The number of carboxylic acid groups (broad SMARTS) is 1. The number of nitrogens with zero attached hydrogens (tertiary/aromatic N) is 1. The summed E-state index contributed by atoms with van der Waals surface area (Å²) in [6, 6.07) is 7.66. The Morgan fingerprint density at radius 3 is 2.64 bits per heavy atom. The molecule has 0 radical (unpaired) electrons. The van der Waals surface area contributed by atoms with Gasteiger partial charge in [-0.1, -0.05) is 43.0 Å². The molecule has 1 atom stereocenters. The molecule has 1 aliphatic rings. The van der Waals surface area contributed by atoms with E-state index in [1.165, 1.54) is 12.3 Å². The van der Waals surface area contributed by atoms with Gasteiger partial charge in [0.25, 0.3) is 0 Å². The van der Waals surface area contributed by atoms with Crippen molar-refractivity contribution in [2.45, 2.75) is 51.5 Å². The molecule has 4 rings (SSSR count). The molecular formula is C27H29ClFNO6. The highest BCUT2D eigenvalue weighted by Crippen LogP contribution is 2.38. The van der Waals surface area contributed by atoms with Crippen LogP contribution < -0.4 is 14.9 Å². The normalized spacial score (nSPS) is 15.1. The highest BCUT2D eigenvalue weighted by molar-refractivity contribution is 6.30. The van der Waals surface area contributed by atoms with E-state index in [2.05, 4.69) is 0 Å². The average molecular weight is 518 g/mol. The number of carbonyl (C=O) groups is 1. The van der Waals surface area contributed by atoms with E-state index in [1.807, 2.05) is 6.92 Å². The zero-order valence-electron chi connectivity index (χ0n) is 20.0. The number of pyridine rings is 1. The van der Waals surface area contributed by atoms with Crippen LogP contribution in [0.3, 0.4) is 0 Å². The maximum absolute atomic E-state index is 14.6. The van der Waals surface area contributed by atoms with Crippen LogP contribution in [0.1, 0.15) is 56.2 Å². The molecule has 1 saturated carbocycles. The lowest BCUT2D eigenvalue weighted by Crippen LogP contribution is -2.27. The monoisotopic (exact) mass is 517 g/mol. The third-order valence-electron chi connectivity index (χ3n) is 6.78. The minimum atomic E-state index is -1.61. The van der Waals surface area contributed by atoms with Crippen LogP contribution in [-0.2, 0) is 6.42 Å². The van der Waals surface area contributed by atoms with Gasteiger partial charge in [-0.3, -0.25) is 4.79 Å². The van der Waals surface area contributed by atoms with Crippen molar-refractivity contribution in [2.75, 3.05) is 13.2 Å². The Morgan fingerprint density at radius 2 is 1.97 bits per heavy atom. The highest BCUT2D eigenvalue weighted by Gasteiger charge is 2.28. The van der Waals surface area contributed by atoms with E-state index in [0.717, 1.165) is 32.1 Å². The number of benzene rings is 2. The van der Waals surface area contributed by atoms with Gasteiger partial charge < -0.3 is 24.3 Å². The topological polar surface area (TPSA) is 98.0 Å². The molecule has 0 aliphatic heterocycles. The number of ether oxygens (including phenoxy) is 2. The van der Waals surface area contributed by atoms with Gasteiger partial charge in [0.15, 0.2) is 5.75 Å². The molecule has 7 nitrogen and oxygen atoms in total. The first-order valence-electron chi connectivity index (χ1n) is 12.1. The SMILES string of the molecule is CCOc1cc(Cc2cccc(Cl)c2F)cc2c(=O)c(OC(=O)O)cn([C@H](CO)C3CCCCC3)c12. The van der Waals surface area contributed by atoms with Crippen molar-refractivity contribution in [3.05, 3.63) is 68.7 Å². The standard InChI is InChI=1S/C27H29ClFNO6/c1-2-35-22-13-16(11-18-9-6-10-20(28)24(18)29)12-19-25(22)30(14-23(26(19)32)36-27(33)34)21(15-31)17-7-4-3-5-8-17/h6,9-10,12-14,17,21,31H,2-5,7-8,11,15H2,1H3,(H,33,34)/t21-/m1/s1. The number of rotatable bonds is 8. The summed E-state index contributed by atoms with van der Waals surface area (Å²) in [5.41, 5.74) is 0.748. The van der Waals surface area contributed by atoms with Gasteiger partial charge in [0.05, 0.1) is 41.4 Å². The fraction of sp³-hybridized carbons (Fsp3) is 0.407. The van der Waals surface area contributed by atoms with Crippen LogP contribution in [0.5, 0.6) is 11.5 Å². The number of hydrogen-bond donors (Lipinski definition) is 2. The van der Waals surface area contributed by atoms with E-state index in [1.54, 1.807) is 28.8 Å². The predicted molar refractivity (Wildman–Crippen MR) is 135 cm³/mol. The number of aliphatic hydroxyl groups excluding tert-OH is 1. The first-order chi connectivity index (χ1) is 17.3. The molecule has 2 N–H and O–H groups in total. The smallest absolute Gasteiger partial charge is 0.492 e. The maximum atomic E-state index is 14.6. The van der Waals surface area contributed by atoms with Gasteiger partial charge in [0.1, 0.15) is 11.6 Å². The Kier molecular flexibility index (Phi) is 8.16. The maximum Gasteiger partial charge on any atom is 0.511 e. The quantitative estimate of drug-likeness (QED) is 0.358. The molecule has 192 valence electrons. The zero-order chi connectivity index (χ0) is 25.8. The fourth-order valence-corrected chi connectivity index (χ4v) is 5.36. The van der Waals surface area contributed by atoms with Gasteiger partial charge in [-0.05, 0) is 55.0 Å². The second-order valence-corrected chi connectivity index (χ2v) is 9.47. The van der Waals surface area contributed by atoms with Crippen molar-refractivity contribution in [3.8, 4) is 11.5 Å². The molecule has 2 aromatic carbocycles. The Labute approximate surface area is 213 Å². The predicted octanol–water partition coefficient (Wildman–Crippen LogP) is 5.95. The largest absolute Gasteiger partial charge is 0.511 e. The van der Waals surface area contributed by atoms with Gasteiger partial charge in [0.2, 0.25) is 5.43 Å². The summed E-state index contributed by atoms with van der Waals surface area (Å²) in [4.78, 5) is 24.7. The lowest BCUT2D eigenvalue weighted by molar-refractivity contribution is 0.141. The number of hydrogen-bond acceptors (Lipinski definition) is 5. The van der Waals surface area contributed by atoms with E-state index in [9.17, 15) is 24.2 Å². The number of fused-ring (bicyclic) bond motifs is 1. The summed E-state index contributed by atoms with van der Waals surface area (Å²) in [6.45, 7) is 1.92. The molecule has 0 unspecified atom stereocenters. The lowest BCUT2D eigenvalue weighted by atomic mass is 9.83. The van der Waals surface area contributed by atoms with Crippen LogP contribution >= 0.6 is 11.6 Å². The number of aliphatic hydroxyl groups is 1. The molecule has 36 heavy (non-hydrogen) atoms. The minimum absolute atomic E-state index is 0.00362. The number of aromatic nitrogens is 1. The molecule has 1 aromatic heterocycles. The molecule has 1 fully saturated rings. The summed E-state index contributed by atoms with van der Waals surface area (Å²) in [7, 11) is 0. The summed E-state index contributed by atoms with van der Waals surface area (Å²) in [6.07, 6.45) is 4.88. The molecule has 1 heterocycles. The molecule has 9 heteroatoms. The van der Waals surface area contributed by atoms with Crippen molar-refractivity contribution in [3.63, 3.8) is 0 Å². The van der Waals surface area contributed by atoms with E-state index < -0.39 is 23.4 Å². The number of halogens is 2. The Morgan fingerprint density at radius 1 is 1.22 bits per heavy atom. The third kappa shape index (κ3) is 5.34. The summed E-state index contributed by atoms with van der Waals surface area (Å²) in [5, 5.41) is 19.8. The molecule has 0 bridgehead atoms. The second-order valence-electron chi connectivity index (χ2n) is 9.06. The molecule has 3 aromatic rings. The third-order valence-corrected chi connectivity index (χ3v) is 7.07. The first kappa shape index (κ1) is 26.0. The van der Waals surface area contributed by atoms with Gasteiger partial charge in [-0.25, -0.2) is 9.18 Å². The van der Waals surface area contributed by atoms with Crippen molar-refractivity contribution in [1.29, 1.82) is 0 Å². The van der Waals surface area contributed by atoms with Crippen LogP contribution in [0.4, 0.5) is 9.18 Å². The lowest BCUT2D eigenvalue weighted by Gasteiger charge is -2.32. The molecule has 1 aliphatic carbocycles. The van der Waals surface area contributed by atoms with Gasteiger partial charge >= 0.3 is 6.16 Å². The van der Waals surface area contributed by atoms with Gasteiger partial charge in [0, 0.05) is 6.42 Å². The molecule has 0 amide bonds. The zero-order valence-corrected chi connectivity index (χ0v) is 20.8. The van der Waals surface area contributed by atoms with E-state index in [4.69, 9.17) is 21.1 Å². The molecule has 0 saturated heterocycles. The van der Waals surface area contributed by atoms with Crippen LogP contribution in [0.25, 0.3) is 10.9 Å². The van der Waals surface area contributed by atoms with Crippen LogP contribution in [0, 0.1) is 11.7 Å². The summed E-state index contributed by atoms with van der Waals surface area (Å²) >= 11 is 5.95. The first-order valence-corrected chi connectivity index (χ1v) is 12.5. The molecule has 0 spiro atoms. The molecular weight excluding hydrogens is 489 g/mol. The highest BCUT2D eigenvalue weighted by atomic mass is 35.5. The summed E-state index contributed by atoms with van der Waals surface area (Å²) < 4.78 is 27.1. The summed E-state index contributed by atoms with van der Waals surface area (Å²) in [5.74, 6) is -0.379. The van der Waals surface area contributed by atoms with Crippen molar-refractivity contribution in [2.24, 2.45) is 5.92 Å². The Hall–Kier alpha value is -3.10. The van der Waals surface area contributed by atoms with Crippen LogP contribution in [0.15, 0.2) is 41.3 Å². The van der Waals surface area contributed by atoms with Gasteiger partial charge in [-0.15, -0.1) is 0 Å².